The molecule has 6 heteroatoms. The van der Waals surface area contributed by atoms with E-state index in [4.69, 9.17) is 0 Å². The number of carboxylic acid groups (broad SMARTS) is 1. The molecule has 4 aromatic rings. The zero-order chi connectivity index (χ0) is 15.3. The molecule has 0 unspecified atom stereocenters. The van der Waals surface area contributed by atoms with Crippen molar-refractivity contribution in [3.8, 4) is 11.4 Å². The molecule has 0 aliphatic heterocycles. The number of hydrogen-bond acceptors (Lipinski definition) is 2. The standard InChI is InChI=1S/C16H10FN3O2/c17-10-6-11(16(21)22)14-13(7-10)19-15(20-14)9-1-2-12-8(5-9)3-4-18-12/h1-7,18H,(H,19,20)(H,21,22). The van der Waals surface area contributed by atoms with Gasteiger partial charge in [-0.1, -0.05) is 0 Å². The molecule has 0 radical (unpaired) electrons. The summed E-state index contributed by atoms with van der Waals surface area (Å²) in [5, 5.41) is 10.2. The van der Waals surface area contributed by atoms with Crippen LogP contribution in [0.3, 0.4) is 0 Å². The number of aromatic amines is 2. The second-order valence-electron chi connectivity index (χ2n) is 5.02. The summed E-state index contributed by atoms with van der Waals surface area (Å²) in [5.41, 5.74) is 2.26. The molecule has 108 valence electrons. The van der Waals surface area contributed by atoms with Crippen molar-refractivity contribution < 1.29 is 14.3 Å². The molecular formula is C16H10FN3O2. The highest BCUT2D eigenvalue weighted by Crippen LogP contribution is 2.26. The van der Waals surface area contributed by atoms with Crippen LogP contribution in [-0.2, 0) is 0 Å². The van der Waals surface area contributed by atoms with Gasteiger partial charge >= 0.3 is 5.97 Å². The van der Waals surface area contributed by atoms with Gasteiger partial charge in [-0.15, -0.1) is 0 Å². The van der Waals surface area contributed by atoms with Crippen molar-refractivity contribution in [2.75, 3.05) is 0 Å². The molecule has 3 N–H and O–H groups in total. The Bertz CT molecular complexity index is 1030. The minimum Gasteiger partial charge on any atom is -0.478 e. The van der Waals surface area contributed by atoms with Crippen molar-refractivity contribution in [1.29, 1.82) is 0 Å². The summed E-state index contributed by atoms with van der Waals surface area (Å²) >= 11 is 0. The van der Waals surface area contributed by atoms with Crippen molar-refractivity contribution in [3.05, 3.63) is 54.0 Å². The molecule has 0 saturated carbocycles. The third-order valence-electron chi connectivity index (χ3n) is 3.61. The van der Waals surface area contributed by atoms with Gasteiger partial charge in [-0.25, -0.2) is 14.2 Å². The van der Waals surface area contributed by atoms with E-state index in [2.05, 4.69) is 15.0 Å². The van der Waals surface area contributed by atoms with Crippen LogP contribution in [0.5, 0.6) is 0 Å². The first kappa shape index (κ1) is 12.6. The Kier molecular flexibility index (Phi) is 2.53. The molecule has 0 fully saturated rings. The van der Waals surface area contributed by atoms with Gasteiger partial charge in [-0.2, -0.15) is 0 Å². The van der Waals surface area contributed by atoms with Crippen molar-refractivity contribution >= 4 is 27.9 Å². The predicted octanol–water partition coefficient (Wildman–Crippen LogP) is 3.55. The van der Waals surface area contributed by atoms with Crippen LogP contribution in [0.25, 0.3) is 33.3 Å². The number of carbonyl (C=O) groups is 1. The first-order chi connectivity index (χ1) is 10.6. The number of aromatic nitrogens is 3. The van der Waals surface area contributed by atoms with E-state index in [0.29, 0.717) is 11.3 Å². The van der Waals surface area contributed by atoms with Crippen molar-refractivity contribution in [2.24, 2.45) is 0 Å². The minimum absolute atomic E-state index is 0.153. The Morgan fingerprint density at radius 1 is 1.14 bits per heavy atom. The molecular weight excluding hydrogens is 285 g/mol. The van der Waals surface area contributed by atoms with Crippen LogP contribution in [0.1, 0.15) is 10.4 Å². The van der Waals surface area contributed by atoms with E-state index < -0.39 is 11.8 Å². The zero-order valence-corrected chi connectivity index (χ0v) is 11.2. The van der Waals surface area contributed by atoms with E-state index in [-0.39, 0.29) is 11.1 Å². The summed E-state index contributed by atoms with van der Waals surface area (Å²) in [5.74, 6) is -1.31. The smallest absolute Gasteiger partial charge is 0.338 e. The van der Waals surface area contributed by atoms with E-state index in [9.17, 15) is 14.3 Å². The van der Waals surface area contributed by atoms with Gasteiger partial charge in [-0.3, -0.25) is 0 Å². The summed E-state index contributed by atoms with van der Waals surface area (Å²) in [6.07, 6.45) is 1.84. The fraction of sp³-hybridized carbons (Fsp3) is 0. The number of imidazole rings is 1. The van der Waals surface area contributed by atoms with Crippen LogP contribution in [0.15, 0.2) is 42.6 Å². The first-order valence-electron chi connectivity index (χ1n) is 6.62. The Labute approximate surface area is 123 Å². The van der Waals surface area contributed by atoms with Crippen LogP contribution >= 0.6 is 0 Å². The summed E-state index contributed by atoms with van der Waals surface area (Å²) in [6, 6.07) is 9.87. The lowest BCUT2D eigenvalue weighted by molar-refractivity contribution is 0.0698. The average molecular weight is 295 g/mol. The molecule has 2 aromatic heterocycles. The fourth-order valence-corrected chi connectivity index (χ4v) is 2.58. The molecule has 5 nitrogen and oxygen atoms in total. The number of H-pyrrole nitrogens is 2. The van der Waals surface area contributed by atoms with Crippen molar-refractivity contribution in [3.63, 3.8) is 0 Å². The molecule has 2 heterocycles. The number of fused-ring (bicyclic) bond motifs is 2. The zero-order valence-electron chi connectivity index (χ0n) is 11.2. The first-order valence-corrected chi connectivity index (χ1v) is 6.62. The summed E-state index contributed by atoms with van der Waals surface area (Å²) in [7, 11) is 0. The maximum absolute atomic E-state index is 13.5. The van der Waals surface area contributed by atoms with Crippen molar-refractivity contribution in [1.82, 2.24) is 15.0 Å². The Morgan fingerprint density at radius 3 is 2.82 bits per heavy atom. The number of rotatable bonds is 2. The van der Waals surface area contributed by atoms with Gasteiger partial charge in [0.15, 0.2) is 0 Å². The monoisotopic (exact) mass is 295 g/mol. The number of hydrogen-bond donors (Lipinski definition) is 3. The van der Waals surface area contributed by atoms with Gasteiger partial charge in [0.25, 0.3) is 0 Å². The highest BCUT2D eigenvalue weighted by molar-refractivity contribution is 6.01. The third kappa shape index (κ3) is 1.85. The molecule has 22 heavy (non-hydrogen) atoms. The maximum atomic E-state index is 13.5. The largest absolute Gasteiger partial charge is 0.478 e. The van der Waals surface area contributed by atoms with E-state index in [1.165, 1.54) is 6.07 Å². The lowest BCUT2D eigenvalue weighted by Crippen LogP contribution is -1.98. The van der Waals surface area contributed by atoms with Crippen LogP contribution in [-0.4, -0.2) is 26.0 Å². The highest BCUT2D eigenvalue weighted by Gasteiger charge is 2.15. The maximum Gasteiger partial charge on any atom is 0.338 e. The predicted molar refractivity (Wildman–Crippen MR) is 80.3 cm³/mol. The summed E-state index contributed by atoms with van der Waals surface area (Å²) < 4.78 is 13.5. The molecule has 4 rings (SSSR count). The van der Waals surface area contributed by atoms with E-state index in [1.54, 1.807) is 0 Å². The number of carboxylic acids is 1. The van der Waals surface area contributed by atoms with Crippen LogP contribution in [0.4, 0.5) is 4.39 Å². The van der Waals surface area contributed by atoms with Gasteiger partial charge in [0, 0.05) is 22.7 Å². The number of benzene rings is 2. The lowest BCUT2D eigenvalue weighted by Gasteiger charge is -1.97. The molecule has 0 aliphatic rings. The average Bonchev–Trinajstić information content (AvgIpc) is 3.11. The van der Waals surface area contributed by atoms with Crippen molar-refractivity contribution in [2.45, 2.75) is 0 Å². The Morgan fingerprint density at radius 2 is 2.00 bits per heavy atom. The molecule has 0 atom stereocenters. The second kappa shape index (κ2) is 4.42. The van der Waals surface area contributed by atoms with E-state index >= 15 is 0 Å². The van der Waals surface area contributed by atoms with E-state index in [1.807, 2.05) is 30.5 Å². The summed E-state index contributed by atoms with van der Waals surface area (Å²) in [6.45, 7) is 0. The molecule has 0 spiro atoms. The number of nitrogens with one attached hydrogen (secondary N) is 2. The number of aromatic carboxylic acids is 1. The number of halogens is 1. The molecule has 0 bridgehead atoms. The van der Waals surface area contributed by atoms with E-state index in [0.717, 1.165) is 22.5 Å². The van der Waals surface area contributed by atoms with Crippen LogP contribution in [0.2, 0.25) is 0 Å². The summed E-state index contributed by atoms with van der Waals surface area (Å²) in [4.78, 5) is 21.6. The normalized spacial score (nSPS) is 11.3. The quantitative estimate of drug-likeness (QED) is 0.529. The SMILES string of the molecule is O=C(O)c1cc(F)cc2[nH]c(-c3ccc4[nH]ccc4c3)nc12. The third-order valence-corrected chi connectivity index (χ3v) is 3.61. The molecule has 0 saturated heterocycles. The Hall–Kier alpha value is -3.15. The fourth-order valence-electron chi connectivity index (χ4n) is 2.58. The van der Waals surface area contributed by atoms with Gasteiger partial charge in [0.1, 0.15) is 17.2 Å². The molecule has 0 aliphatic carbocycles. The number of nitrogens with zero attached hydrogens (tertiary/aromatic N) is 1. The topological polar surface area (TPSA) is 81.8 Å². The van der Waals surface area contributed by atoms with Crippen LogP contribution < -0.4 is 0 Å². The van der Waals surface area contributed by atoms with Gasteiger partial charge in [0.2, 0.25) is 0 Å². The van der Waals surface area contributed by atoms with Gasteiger partial charge in [-0.05, 0) is 36.4 Å². The van der Waals surface area contributed by atoms with Crippen LogP contribution in [0, 0.1) is 5.82 Å². The molecule has 2 aromatic carbocycles. The molecule has 0 amide bonds. The van der Waals surface area contributed by atoms with Gasteiger partial charge < -0.3 is 15.1 Å². The lowest BCUT2D eigenvalue weighted by atomic mass is 10.1. The Balaban J connectivity index is 1.95. The van der Waals surface area contributed by atoms with Gasteiger partial charge in [0.05, 0.1) is 11.1 Å². The highest BCUT2D eigenvalue weighted by atomic mass is 19.1. The minimum atomic E-state index is -1.20. The second-order valence-corrected chi connectivity index (χ2v) is 5.02.